The van der Waals surface area contributed by atoms with Crippen LogP contribution in [-0.4, -0.2) is 20.6 Å². The highest BCUT2D eigenvalue weighted by molar-refractivity contribution is 9.10. The molecule has 0 unspecified atom stereocenters. The predicted octanol–water partition coefficient (Wildman–Crippen LogP) is 2.47. The molecule has 16 heavy (non-hydrogen) atoms. The third kappa shape index (κ3) is 1.96. The fraction of sp³-hybridized carbons (Fsp3) is 0. The Labute approximate surface area is 98.5 Å². The van der Waals surface area contributed by atoms with Crippen molar-refractivity contribution in [3.8, 4) is 5.69 Å². The summed E-state index contributed by atoms with van der Waals surface area (Å²) in [5.41, 5.74) is 0.413. The maximum absolute atomic E-state index is 13.0. The average Bonchev–Trinajstić information content (AvgIpc) is 2.70. The zero-order valence-corrected chi connectivity index (χ0v) is 9.48. The highest BCUT2D eigenvalue weighted by Crippen LogP contribution is 2.22. The molecule has 0 aliphatic carbocycles. The molecule has 0 spiro atoms. The second kappa shape index (κ2) is 4.05. The van der Waals surface area contributed by atoms with Crippen LogP contribution in [0.5, 0.6) is 0 Å². The first kappa shape index (κ1) is 10.8. The minimum atomic E-state index is -1.12. The van der Waals surface area contributed by atoms with Crippen LogP contribution in [0.15, 0.2) is 35.2 Å². The minimum Gasteiger partial charge on any atom is -0.476 e. The smallest absolute Gasteiger partial charge is 0.356 e. The van der Waals surface area contributed by atoms with E-state index in [-0.39, 0.29) is 5.69 Å². The van der Waals surface area contributed by atoms with Gasteiger partial charge in [-0.2, -0.15) is 0 Å². The van der Waals surface area contributed by atoms with E-state index in [0.29, 0.717) is 10.2 Å². The molecule has 2 aromatic rings. The van der Waals surface area contributed by atoms with Crippen LogP contribution in [0.1, 0.15) is 10.5 Å². The van der Waals surface area contributed by atoms with Gasteiger partial charge in [0, 0.05) is 10.7 Å². The van der Waals surface area contributed by atoms with Crippen molar-refractivity contribution in [2.24, 2.45) is 0 Å². The molecule has 0 atom stereocenters. The van der Waals surface area contributed by atoms with Gasteiger partial charge >= 0.3 is 5.97 Å². The van der Waals surface area contributed by atoms with Crippen LogP contribution < -0.4 is 0 Å². The number of nitrogens with zero attached hydrogens (tertiary/aromatic N) is 2. The van der Waals surface area contributed by atoms with Crippen molar-refractivity contribution >= 4 is 21.9 Å². The Morgan fingerprint density at radius 1 is 1.50 bits per heavy atom. The van der Waals surface area contributed by atoms with Crippen molar-refractivity contribution in [3.05, 3.63) is 46.7 Å². The molecule has 2 rings (SSSR count). The van der Waals surface area contributed by atoms with Gasteiger partial charge in [0.2, 0.25) is 0 Å². The number of halogens is 2. The molecular weight excluding hydrogens is 279 g/mol. The van der Waals surface area contributed by atoms with Crippen molar-refractivity contribution in [2.45, 2.75) is 0 Å². The first-order valence-corrected chi connectivity index (χ1v) is 5.10. The van der Waals surface area contributed by atoms with Gasteiger partial charge in [-0.1, -0.05) is 0 Å². The number of rotatable bonds is 2. The summed E-state index contributed by atoms with van der Waals surface area (Å²) in [4.78, 5) is 14.3. The maximum Gasteiger partial charge on any atom is 0.356 e. The topological polar surface area (TPSA) is 55.1 Å². The highest BCUT2D eigenvalue weighted by atomic mass is 79.9. The van der Waals surface area contributed by atoms with E-state index in [2.05, 4.69) is 20.9 Å². The SMILES string of the molecule is O=C(O)c1cn(-c2cc(F)ccc2Br)cn1. The summed E-state index contributed by atoms with van der Waals surface area (Å²) < 4.78 is 15.1. The Balaban J connectivity index is 2.50. The number of carbonyl (C=O) groups is 1. The zero-order valence-electron chi connectivity index (χ0n) is 7.89. The average molecular weight is 285 g/mol. The zero-order chi connectivity index (χ0) is 11.7. The van der Waals surface area contributed by atoms with Gasteiger partial charge in [0.25, 0.3) is 0 Å². The van der Waals surface area contributed by atoms with Crippen LogP contribution in [0.3, 0.4) is 0 Å². The second-order valence-electron chi connectivity index (χ2n) is 3.07. The van der Waals surface area contributed by atoms with Gasteiger partial charge in [-0.15, -0.1) is 0 Å². The monoisotopic (exact) mass is 284 g/mol. The third-order valence-corrected chi connectivity index (χ3v) is 2.66. The molecule has 4 nitrogen and oxygen atoms in total. The van der Waals surface area contributed by atoms with Crippen LogP contribution >= 0.6 is 15.9 Å². The molecule has 0 aliphatic rings. The van der Waals surface area contributed by atoms with Crippen LogP contribution in [0, 0.1) is 5.82 Å². The molecule has 0 bridgehead atoms. The number of carboxylic acids is 1. The molecular formula is C10H6BrFN2O2. The molecule has 1 N–H and O–H groups in total. The van der Waals surface area contributed by atoms with E-state index < -0.39 is 11.8 Å². The normalized spacial score (nSPS) is 10.4. The van der Waals surface area contributed by atoms with Crippen LogP contribution in [0.25, 0.3) is 5.69 Å². The quantitative estimate of drug-likeness (QED) is 0.922. The van der Waals surface area contributed by atoms with Gasteiger partial charge in [0.1, 0.15) is 12.1 Å². The summed E-state index contributed by atoms with van der Waals surface area (Å²) in [6.07, 6.45) is 2.64. The van der Waals surface area contributed by atoms with E-state index in [4.69, 9.17) is 5.11 Å². The molecule has 0 aliphatic heterocycles. The minimum absolute atomic E-state index is 0.0869. The molecule has 1 aromatic heterocycles. The number of aromatic nitrogens is 2. The van der Waals surface area contributed by atoms with E-state index in [9.17, 15) is 9.18 Å². The van der Waals surface area contributed by atoms with Crippen LogP contribution in [0.4, 0.5) is 4.39 Å². The Morgan fingerprint density at radius 3 is 2.88 bits per heavy atom. The van der Waals surface area contributed by atoms with Crippen LogP contribution in [-0.2, 0) is 0 Å². The van der Waals surface area contributed by atoms with Gasteiger partial charge < -0.3 is 9.67 Å². The molecule has 1 aromatic carbocycles. The predicted molar refractivity (Wildman–Crippen MR) is 58.2 cm³/mol. The molecule has 0 saturated carbocycles. The van der Waals surface area contributed by atoms with E-state index in [0.717, 1.165) is 0 Å². The van der Waals surface area contributed by atoms with Crippen molar-refractivity contribution in [3.63, 3.8) is 0 Å². The van der Waals surface area contributed by atoms with Gasteiger partial charge in [-0.25, -0.2) is 14.2 Å². The lowest BCUT2D eigenvalue weighted by Crippen LogP contribution is -1.96. The van der Waals surface area contributed by atoms with Gasteiger partial charge in [-0.3, -0.25) is 0 Å². The third-order valence-electron chi connectivity index (χ3n) is 1.99. The Hall–Kier alpha value is -1.69. The Kier molecular flexibility index (Phi) is 2.74. The van der Waals surface area contributed by atoms with Crippen LogP contribution in [0.2, 0.25) is 0 Å². The number of aromatic carboxylic acids is 1. The molecule has 0 amide bonds. The molecule has 82 valence electrons. The van der Waals surface area contributed by atoms with Crippen molar-refractivity contribution in [1.82, 2.24) is 9.55 Å². The lowest BCUT2D eigenvalue weighted by molar-refractivity contribution is 0.0691. The van der Waals surface area contributed by atoms with E-state index in [1.54, 1.807) is 6.07 Å². The number of benzene rings is 1. The summed E-state index contributed by atoms with van der Waals surface area (Å²) in [5.74, 6) is -1.52. The number of imidazole rings is 1. The van der Waals surface area contributed by atoms with Crippen molar-refractivity contribution in [1.29, 1.82) is 0 Å². The standard InChI is InChI=1S/C10H6BrFN2O2/c11-7-2-1-6(12)3-9(7)14-4-8(10(15)16)13-5-14/h1-5H,(H,15,16). The largest absolute Gasteiger partial charge is 0.476 e. The van der Waals surface area contributed by atoms with E-state index >= 15 is 0 Å². The lowest BCUT2D eigenvalue weighted by Gasteiger charge is -2.04. The fourth-order valence-electron chi connectivity index (χ4n) is 1.25. The molecule has 1 heterocycles. The van der Waals surface area contributed by atoms with E-state index in [1.165, 1.54) is 29.2 Å². The Morgan fingerprint density at radius 2 is 2.25 bits per heavy atom. The molecule has 0 saturated heterocycles. The summed E-state index contributed by atoms with van der Waals surface area (Å²) in [6.45, 7) is 0. The summed E-state index contributed by atoms with van der Waals surface area (Å²) >= 11 is 3.25. The van der Waals surface area contributed by atoms with Crippen molar-refractivity contribution < 1.29 is 14.3 Å². The molecule has 0 fully saturated rings. The highest BCUT2D eigenvalue weighted by Gasteiger charge is 2.09. The van der Waals surface area contributed by atoms with Gasteiger partial charge in [0.15, 0.2) is 5.69 Å². The Bertz CT molecular complexity index is 554. The van der Waals surface area contributed by atoms with Gasteiger partial charge in [-0.05, 0) is 34.1 Å². The second-order valence-corrected chi connectivity index (χ2v) is 3.92. The lowest BCUT2D eigenvalue weighted by atomic mass is 10.3. The summed E-state index contributed by atoms with van der Waals surface area (Å²) in [5, 5.41) is 8.71. The number of hydrogen-bond acceptors (Lipinski definition) is 2. The molecule has 0 radical (unpaired) electrons. The van der Waals surface area contributed by atoms with E-state index in [1.807, 2.05) is 0 Å². The number of carboxylic acid groups (broad SMARTS) is 1. The van der Waals surface area contributed by atoms with Crippen molar-refractivity contribution in [2.75, 3.05) is 0 Å². The fourth-order valence-corrected chi connectivity index (χ4v) is 1.70. The first-order valence-electron chi connectivity index (χ1n) is 4.30. The first-order chi connectivity index (χ1) is 7.58. The van der Waals surface area contributed by atoms with Gasteiger partial charge in [0.05, 0.1) is 5.69 Å². The number of hydrogen-bond donors (Lipinski definition) is 1. The summed E-state index contributed by atoms with van der Waals surface area (Å²) in [7, 11) is 0. The summed E-state index contributed by atoms with van der Waals surface area (Å²) in [6, 6.07) is 4.14. The maximum atomic E-state index is 13.0. The molecule has 6 heteroatoms.